The summed E-state index contributed by atoms with van der Waals surface area (Å²) in [5.74, 6) is 1.84. The third kappa shape index (κ3) is 4.06. The summed E-state index contributed by atoms with van der Waals surface area (Å²) in [6.07, 6.45) is 0. The van der Waals surface area contributed by atoms with Crippen molar-refractivity contribution < 1.29 is 9.26 Å². The average molecular weight is 356 g/mol. The van der Waals surface area contributed by atoms with E-state index in [0.717, 1.165) is 28.0 Å². The van der Waals surface area contributed by atoms with E-state index >= 15 is 0 Å². The quantitative estimate of drug-likeness (QED) is 0.467. The first-order chi connectivity index (χ1) is 13.2. The van der Waals surface area contributed by atoms with Crippen LogP contribution in [-0.2, 0) is 6.61 Å². The van der Waals surface area contributed by atoms with Gasteiger partial charge in [0.25, 0.3) is 5.89 Å². The van der Waals surface area contributed by atoms with E-state index in [1.165, 1.54) is 5.56 Å². The SMILES string of the molecule is Cc1cccc(COc2cccc(-c3noc(-c4cccc(C)c4)n3)c2)c1. The summed E-state index contributed by atoms with van der Waals surface area (Å²) in [7, 11) is 0. The summed E-state index contributed by atoms with van der Waals surface area (Å²) in [6, 6.07) is 24.0. The molecule has 3 aromatic carbocycles. The Kier molecular flexibility index (Phi) is 4.71. The Morgan fingerprint density at radius 3 is 2.37 bits per heavy atom. The monoisotopic (exact) mass is 356 g/mol. The molecule has 4 nitrogen and oxygen atoms in total. The fourth-order valence-corrected chi connectivity index (χ4v) is 2.93. The van der Waals surface area contributed by atoms with Crippen LogP contribution in [0.2, 0.25) is 0 Å². The lowest BCUT2D eigenvalue weighted by Crippen LogP contribution is -1.96. The summed E-state index contributed by atoms with van der Waals surface area (Å²) < 4.78 is 11.4. The second-order valence-corrected chi connectivity index (χ2v) is 6.60. The minimum atomic E-state index is 0.514. The van der Waals surface area contributed by atoms with Crippen molar-refractivity contribution in [1.29, 1.82) is 0 Å². The maximum absolute atomic E-state index is 5.93. The molecule has 4 rings (SSSR count). The van der Waals surface area contributed by atoms with Gasteiger partial charge in [0.1, 0.15) is 12.4 Å². The highest BCUT2D eigenvalue weighted by Crippen LogP contribution is 2.25. The van der Waals surface area contributed by atoms with Crippen molar-refractivity contribution in [2.24, 2.45) is 0 Å². The van der Waals surface area contributed by atoms with Crippen molar-refractivity contribution in [3.63, 3.8) is 0 Å². The van der Waals surface area contributed by atoms with Crippen LogP contribution in [0, 0.1) is 13.8 Å². The molecule has 27 heavy (non-hydrogen) atoms. The summed E-state index contributed by atoms with van der Waals surface area (Å²) in [6.45, 7) is 4.63. The van der Waals surface area contributed by atoms with E-state index in [1.54, 1.807) is 0 Å². The van der Waals surface area contributed by atoms with Gasteiger partial charge in [-0.1, -0.05) is 64.8 Å². The van der Waals surface area contributed by atoms with Crippen LogP contribution in [0.15, 0.2) is 77.3 Å². The van der Waals surface area contributed by atoms with Gasteiger partial charge < -0.3 is 9.26 Å². The normalized spacial score (nSPS) is 10.7. The van der Waals surface area contributed by atoms with Gasteiger partial charge in [-0.3, -0.25) is 0 Å². The lowest BCUT2D eigenvalue weighted by molar-refractivity contribution is 0.306. The van der Waals surface area contributed by atoms with Crippen LogP contribution in [-0.4, -0.2) is 10.1 Å². The van der Waals surface area contributed by atoms with Gasteiger partial charge in [0.2, 0.25) is 5.82 Å². The molecule has 0 radical (unpaired) electrons. The van der Waals surface area contributed by atoms with Crippen LogP contribution >= 0.6 is 0 Å². The van der Waals surface area contributed by atoms with Crippen molar-refractivity contribution in [3.05, 3.63) is 89.5 Å². The molecular formula is C23H20N2O2. The van der Waals surface area contributed by atoms with Crippen molar-refractivity contribution in [2.75, 3.05) is 0 Å². The van der Waals surface area contributed by atoms with E-state index in [2.05, 4.69) is 35.3 Å². The van der Waals surface area contributed by atoms with Gasteiger partial charge in [0.15, 0.2) is 0 Å². The Labute approximate surface area is 158 Å². The minimum Gasteiger partial charge on any atom is -0.489 e. The number of aromatic nitrogens is 2. The first-order valence-electron chi connectivity index (χ1n) is 8.87. The van der Waals surface area contributed by atoms with Crippen molar-refractivity contribution >= 4 is 0 Å². The average Bonchev–Trinajstić information content (AvgIpc) is 3.17. The molecule has 0 saturated carbocycles. The Morgan fingerprint density at radius 1 is 0.815 bits per heavy atom. The van der Waals surface area contributed by atoms with Crippen molar-refractivity contribution in [3.8, 4) is 28.6 Å². The predicted molar refractivity (Wildman–Crippen MR) is 105 cm³/mol. The number of ether oxygens (including phenoxy) is 1. The second kappa shape index (κ2) is 7.46. The van der Waals surface area contributed by atoms with Crippen LogP contribution in [0.5, 0.6) is 5.75 Å². The Balaban J connectivity index is 1.52. The van der Waals surface area contributed by atoms with Gasteiger partial charge in [-0.15, -0.1) is 0 Å². The zero-order valence-corrected chi connectivity index (χ0v) is 15.3. The third-order valence-electron chi connectivity index (χ3n) is 4.27. The van der Waals surface area contributed by atoms with Gasteiger partial charge in [-0.2, -0.15) is 4.98 Å². The molecule has 0 atom stereocenters. The minimum absolute atomic E-state index is 0.514. The number of hydrogen-bond donors (Lipinski definition) is 0. The zero-order valence-electron chi connectivity index (χ0n) is 15.3. The molecule has 0 spiro atoms. The van der Waals surface area contributed by atoms with E-state index in [4.69, 9.17) is 9.26 Å². The fourth-order valence-electron chi connectivity index (χ4n) is 2.93. The topological polar surface area (TPSA) is 48.2 Å². The van der Waals surface area contributed by atoms with Crippen LogP contribution in [0.25, 0.3) is 22.8 Å². The standard InChI is InChI=1S/C23H20N2O2/c1-16-6-3-8-18(12-16)15-26-21-11-5-9-19(14-21)22-24-23(27-25-22)20-10-4-7-17(2)13-20/h3-14H,15H2,1-2H3. The van der Waals surface area contributed by atoms with Gasteiger partial charge in [0, 0.05) is 11.1 Å². The number of nitrogens with zero attached hydrogens (tertiary/aromatic N) is 2. The lowest BCUT2D eigenvalue weighted by Gasteiger charge is -2.07. The van der Waals surface area contributed by atoms with Crippen LogP contribution < -0.4 is 4.74 Å². The molecule has 0 bridgehead atoms. The van der Waals surface area contributed by atoms with E-state index in [9.17, 15) is 0 Å². The van der Waals surface area contributed by atoms with Crippen LogP contribution in [0.4, 0.5) is 0 Å². The Morgan fingerprint density at radius 2 is 1.56 bits per heavy atom. The molecule has 0 aliphatic rings. The highest BCUT2D eigenvalue weighted by Gasteiger charge is 2.11. The summed E-state index contributed by atoms with van der Waals surface area (Å²) in [5, 5.41) is 4.12. The van der Waals surface area contributed by atoms with E-state index in [0.29, 0.717) is 18.3 Å². The van der Waals surface area contributed by atoms with Gasteiger partial charge in [-0.25, -0.2) is 0 Å². The Hall–Kier alpha value is -3.40. The summed E-state index contributed by atoms with van der Waals surface area (Å²) >= 11 is 0. The molecule has 1 heterocycles. The first-order valence-corrected chi connectivity index (χ1v) is 8.87. The van der Waals surface area contributed by atoms with Gasteiger partial charge in [-0.05, 0) is 43.7 Å². The maximum atomic E-state index is 5.93. The zero-order chi connectivity index (χ0) is 18.6. The number of hydrogen-bond acceptors (Lipinski definition) is 4. The number of benzene rings is 3. The fraction of sp³-hybridized carbons (Fsp3) is 0.130. The molecule has 1 aromatic heterocycles. The van der Waals surface area contributed by atoms with Gasteiger partial charge in [0.05, 0.1) is 0 Å². The second-order valence-electron chi connectivity index (χ2n) is 6.60. The van der Waals surface area contributed by atoms with E-state index in [-0.39, 0.29) is 0 Å². The third-order valence-corrected chi connectivity index (χ3v) is 4.27. The molecule has 4 aromatic rings. The number of rotatable bonds is 5. The Bertz CT molecular complexity index is 1070. The highest BCUT2D eigenvalue weighted by molar-refractivity contribution is 5.61. The molecule has 0 fully saturated rings. The predicted octanol–water partition coefficient (Wildman–Crippen LogP) is 5.60. The molecule has 0 N–H and O–H groups in total. The van der Waals surface area contributed by atoms with E-state index < -0.39 is 0 Å². The molecule has 0 aliphatic carbocycles. The molecule has 0 saturated heterocycles. The van der Waals surface area contributed by atoms with Crippen molar-refractivity contribution in [2.45, 2.75) is 20.5 Å². The van der Waals surface area contributed by atoms with Gasteiger partial charge >= 0.3 is 0 Å². The van der Waals surface area contributed by atoms with Crippen LogP contribution in [0.1, 0.15) is 16.7 Å². The largest absolute Gasteiger partial charge is 0.489 e. The highest BCUT2D eigenvalue weighted by atomic mass is 16.5. The molecule has 134 valence electrons. The number of aryl methyl sites for hydroxylation is 2. The van der Waals surface area contributed by atoms with Crippen molar-refractivity contribution in [1.82, 2.24) is 10.1 Å². The molecule has 0 unspecified atom stereocenters. The maximum Gasteiger partial charge on any atom is 0.258 e. The smallest absolute Gasteiger partial charge is 0.258 e. The molecule has 0 amide bonds. The molecule has 0 aliphatic heterocycles. The molecule has 4 heteroatoms. The van der Waals surface area contributed by atoms with Crippen LogP contribution in [0.3, 0.4) is 0 Å². The van der Waals surface area contributed by atoms with E-state index in [1.807, 2.05) is 61.5 Å². The summed E-state index contributed by atoms with van der Waals surface area (Å²) in [5.41, 5.74) is 5.29. The first kappa shape index (κ1) is 17.0. The molecular weight excluding hydrogens is 336 g/mol. The lowest BCUT2D eigenvalue weighted by atomic mass is 10.1. The summed E-state index contributed by atoms with van der Waals surface area (Å²) in [4.78, 5) is 4.53.